The molecule has 0 spiro atoms. The molecule has 1 saturated heterocycles. The Kier molecular flexibility index (Phi) is 4.48. The zero-order valence-electron chi connectivity index (χ0n) is 9.86. The standard InChI is InChI=1S/C11H15BrN4O2/c12-10-5-9(16(17)18)7-15-11(10)14-6-8-1-3-13-4-2-8/h5,7-8,13H,1-4,6H2,(H,14,15). The average molecular weight is 315 g/mol. The minimum atomic E-state index is -0.450. The Morgan fingerprint density at radius 3 is 2.89 bits per heavy atom. The third-order valence-corrected chi connectivity index (χ3v) is 3.66. The van der Waals surface area contributed by atoms with Gasteiger partial charge in [0.05, 0.1) is 9.40 Å². The van der Waals surface area contributed by atoms with Gasteiger partial charge in [-0.25, -0.2) is 4.98 Å². The van der Waals surface area contributed by atoms with Crippen LogP contribution in [-0.2, 0) is 0 Å². The van der Waals surface area contributed by atoms with E-state index in [4.69, 9.17) is 0 Å². The largest absolute Gasteiger partial charge is 0.369 e. The van der Waals surface area contributed by atoms with Crippen LogP contribution >= 0.6 is 15.9 Å². The lowest BCUT2D eigenvalue weighted by atomic mass is 9.98. The number of piperidine rings is 1. The van der Waals surface area contributed by atoms with E-state index < -0.39 is 4.92 Å². The molecule has 0 unspecified atom stereocenters. The van der Waals surface area contributed by atoms with Gasteiger partial charge in [-0.15, -0.1) is 0 Å². The number of halogens is 1. The summed E-state index contributed by atoms with van der Waals surface area (Å²) in [7, 11) is 0. The van der Waals surface area contributed by atoms with Crippen molar-refractivity contribution in [2.75, 3.05) is 25.0 Å². The number of anilines is 1. The van der Waals surface area contributed by atoms with Crippen molar-refractivity contribution in [2.45, 2.75) is 12.8 Å². The molecule has 0 aliphatic carbocycles. The lowest BCUT2D eigenvalue weighted by molar-refractivity contribution is -0.385. The van der Waals surface area contributed by atoms with Gasteiger partial charge >= 0.3 is 0 Å². The van der Waals surface area contributed by atoms with E-state index in [1.807, 2.05) is 0 Å². The summed E-state index contributed by atoms with van der Waals surface area (Å²) in [4.78, 5) is 14.2. The molecule has 2 N–H and O–H groups in total. The molecule has 1 fully saturated rings. The van der Waals surface area contributed by atoms with Crippen LogP contribution in [0.1, 0.15) is 12.8 Å². The molecular weight excluding hydrogens is 300 g/mol. The topological polar surface area (TPSA) is 80.1 Å². The predicted molar refractivity (Wildman–Crippen MR) is 72.7 cm³/mol. The summed E-state index contributed by atoms with van der Waals surface area (Å²) in [5.74, 6) is 1.30. The summed E-state index contributed by atoms with van der Waals surface area (Å²) >= 11 is 3.30. The first-order valence-electron chi connectivity index (χ1n) is 5.91. The third-order valence-electron chi connectivity index (χ3n) is 3.05. The summed E-state index contributed by atoms with van der Waals surface area (Å²) in [6.07, 6.45) is 3.57. The lowest BCUT2D eigenvalue weighted by Gasteiger charge is -2.23. The maximum atomic E-state index is 10.6. The van der Waals surface area contributed by atoms with Crippen LogP contribution in [0.25, 0.3) is 0 Å². The normalized spacial score (nSPS) is 16.5. The van der Waals surface area contributed by atoms with Crippen LogP contribution < -0.4 is 10.6 Å². The smallest absolute Gasteiger partial charge is 0.288 e. The highest BCUT2D eigenvalue weighted by molar-refractivity contribution is 9.10. The van der Waals surface area contributed by atoms with Gasteiger partial charge in [-0.1, -0.05) is 0 Å². The van der Waals surface area contributed by atoms with Crippen molar-refractivity contribution >= 4 is 27.4 Å². The minimum Gasteiger partial charge on any atom is -0.369 e. The first-order valence-corrected chi connectivity index (χ1v) is 6.70. The van der Waals surface area contributed by atoms with Gasteiger partial charge in [-0.2, -0.15) is 0 Å². The van der Waals surface area contributed by atoms with Gasteiger partial charge in [0.1, 0.15) is 12.0 Å². The highest BCUT2D eigenvalue weighted by atomic mass is 79.9. The summed E-state index contributed by atoms with van der Waals surface area (Å²) in [6.45, 7) is 2.97. The number of hydrogen-bond donors (Lipinski definition) is 2. The second-order valence-corrected chi connectivity index (χ2v) is 5.21. The third kappa shape index (κ3) is 3.39. The van der Waals surface area contributed by atoms with E-state index >= 15 is 0 Å². The van der Waals surface area contributed by atoms with Crippen molar-refractivity contribution in [1.82, 2.24) is 10.3 Å². The van der Waals surface area contributed by atoms with Crippen LogP contribution in [-0.4, -0.2) is 29.5 Å². The van der Waals surface area contributed by atoms with Gasteiger partial charge in [0.15, 0.2) is 0 Å². The average Bonchev–Trinajstić information content (AvgIpc) is 2.38. The fraction of sp³-hybridized carbons (Fsp3) is 0.545. The predicted octanol–water partition coefficient (Wildman–Crippen LogP) is 2.16. The van der Waals surface area contributed by atoms with Crippen LogP contribution in [0.5, 0.6) is 0 Å². The first kappa shape index (κ1) is 13.2. The molecule has 0 aromatic carbocycles. The molecule has 98 valence electrons. The Bertz CT molecular complexity index is 435. The molecule has 1 aromatic rings. The fourth-order valence-electron chi connectivity index (χ4n) is 1.98. The summed E-state index contributed by atoms with van der Waals surface area (Å²) < 4.78 is 0.630. The number of pyridine rings is 1. The van der Waals surface area contributed by atoms with Crippen LogP contribution in [0.4, 0.5) is 11.5 Å². The molecule has 0 bridgehead atoms. The van der Waals surface area contributed by atoms with Crippen LogP contribution in [0.15, 0.2) is 16.7 Å². The van der Waals surface area contributed by atoms with Crippen molar-refractivity contribution in [3.63, 3.8) is 0 Å². The summed E-state index contributed by atoms with van der Waals surface area (Å²) in [6, 6.07) is 1.47. The number of hydrogen-bond acceptors (Lipinski definition) is 5. The van der Waals surface area contributed by atoms with Gasteiger partial charge in [-0.05, 0) is 47.8 Å². The number of nitrogens with zero attached hydrogens (tertiary/aromatic N) is 2. The Balaban J connectivity index is 1.94. The van der Waals surface area contributed by atoms with Crippen LogP contribution in [0.2, 0.25) is 0 Å². The van der Waals surface area contributed by atoms with Gasteiger partial charge in [-0.3, -0.25) is 10.1 Å². The zero-order valence-corrected chi connectivity index (χ0v) is 11.4. The number of nitro groups is 1. The Labute approximate surface area is 113 Å². The minimum absolute atomic E-state index is 0.00529. The number of rotatable bonds is 4. The molecule has 0 amide bonds. The highest BCUT2D eigenvalue weighted by Gasteiger charge is 2.14. The number of aromatic nitrogens is 1. The first-order chi connectivity index (χ1) is 8.66. The van der Waals surface area contributed by atoms with E-state index in [0.29, 0.717) is 16.2 Å². The molecule has 2 rings (SSSR count). The SMILES string of the molecule is O=[N+]([O-])c1cnc(NCC2CCNCC2)c(Br)c1. The molecule has 1 aliphatic rings. The number of nitrogens with one attached hydrogen (secondary N) is 2. The lowest BCUT2D eigenvalue weighted by Crippen LogP contribution is -2.31. The maximum Gasteiger partial charge on any atom is 0.288 e. The molecule has 1 aromatic heterocycles. The van der Waals surface area contributed by atoms with Gasteiger partial charge in [0, 0.05) is 12.6 Å². The van der Waals surface area contributed by atoms with E-state index in [2.05, 4.69) is 31.5 Å². The van der Waals surface area contributed by atoms with Gasteiger partial charge in [0.2, 0.25) is 0 Å². The summed E-state index contributed by atoms with van der Waals surface area (Å²) in [5, 5.41) is 17.1. The maximum absolute atomic E-state index is 10.6. The van der Waals surface area contributed by atoms with Crippen molar-refractivity contribution in [3.05, 3.63) is 26.9 Å². The van der Waals surface area contributed by atoms with E-state index in [-0.39, 0.29) is 5.69 Å². The Morgan fingerprint density at radius 2 is 2.28 bits per heavy atom. The molecule has 0 atom stereocenters. The second-order valence-electron chi connectivity index (χ2n) is 4.36. The van der Waals surface area contributed by atoms with Crippen molar-refractivity contribution < 1.29 is 4.92 Å². The molecule has 7 heteroatoms. The highest BCUT2D eigenvalue weighted by Crippen LogP contribution is 2.25. The van der Waals surface area contributed by atoms with Crippen molar-refractivity contribution in [3.8, 4) is 0 Å². The molecular formula is C11H15BrN4O2. The van der Waals surface area contributed by atoms with Crippen LogP contribution in [0.3, 0.4) is 0 Å². The van der Waals surface area contributed by atoms with E-state index in [1.165, 1.54) is 12.3 Å². The van der Waals surface area contributed by atoms with Crippen molar-refractivity contribution in [1.29, 1.82) is 0 Å². The van der Waals surface area contributed by atoms with E-state index in [0.717, 1.165) is 32.5 Å². The van der Waals surface area contributed by atoms with Crippen molar-refractivity contribution in [2.24, 2.45) is 5.92 Å². The van der Waals surface area contributed by atoms with Crippen LogP contribution in [0, 0.1) is 16.0 Å². The fourth-order valence-corrected chi connectivity index (χ4v) is 2.46. The molecule has 6 nitrogen and oxygen atoms in total. The molecule has 18 heavy (non-hydrogen) atoms. The molecule has 0 saturated carbocycles. The zero-order chi connectivity index (χ0) is 13.0. The molecule has 2 heterocycles. The monoisotopic (exact) mass is 314 g/mol. The summed E-state index contributed by atoms with van der Waals surface area (Å²) in [5.41, 5.74) is -0.00529. The van der Waals surface area contributed by atoms with E-state index in [1.54, 1.807) is 0 Å². The second kappa shape index (κ2) is 6.10. The quantitative estimate of drug-likeness (QED) is 0.657. The van der Waals surface area contributed by atoms with Gasteiger partial charge < -0.3 is 10.6 Å². The van der Waals surface area contributed by atoms with Gasteiger partial charge in [0.25, 0.3) is 5.69 Å². The van der Waals surface area contributed by atoms with E-state index in [9.17, 15) is 10.1 Å². The molecule has 1 aliphatic heterocycles. The Hall–Kier alpha value is -1.21. The molecule has 0 radical (unpaired) electrons. The Morgan fingerprint density at radius 1 is 1.56 bits per heavy atom.